The summed E-state index contributed by atoms with van der Waals surface area (Å²) in [6.07, 6.45) is 2.87. The van der Waals surface area contributed by atoms with Gasteiger partial charge in [0.2, 0.25) is 0 Å². The van der Waals surface area contributed by atoms with E-state index in [0.29, 0.717) is 11.4 Å². The number of hydrogen-bond acceptors (Lipinski definition) is 4. The second-order valence-corrected chi connectivity index (χ2v) is 4.29. The lowest BCUT2D eigenvalue weighted by Gasteiger charge is -2.17. The summed E-state index contributed by atoms with van der Waals surface area (Å²) < 4.78 is 13.5. The van der Waals surface area contributed by atoms with Gasteiger partial charge in [0.05, 0.1) is 12.4 Å². The third kappa shape index (κ3) is 3.09. The number of carbonyl (C=O) groups is 1. The quantitative estimate of drug-likeness (QED) is 0.925. The van der Waals surface area contributed by atoms with Gasteiger partial charge in [0.15, 0.2) is 0 Å². The average Bonchev–Trinajstić information content (AvgIpc) is 2.49. The standard InChI is InChI=1S/C14H15FN4O/c1-16-13-8-17-12(7-18-13)14(20)19(2)9-10-5-3-4-6-11(10)15/h3-8H,9H2,1-2H3,(H,16,18). The number of hydrogen-bond donors (Lipinski definition) is 1. The molecule has 1 aromatic heterocycles. The predicted molar refractivity (Wildman–Crippen MR) is 73.8 cm³/mol. The Hall–Kier alpha value is -2.50. The molecule has 6 heteroatoms. The van der Waals surface area contributed by atoms with Crippen LogP contribution in [0.4, 0.5) is 10.2 Å². The lowest BCUT2D eigenvalue weighted by atomic mass is 10.2. The van der Waals surface area contributed by atoms with Gasteiger partial charge in [0, 0.05) is 26.2 Å². The third-order valence-corrected chi connectivity index (χ3v) is 2.84. The number of carbonyl (C=O) groups excluding carboxylic acids is 1. The summed E-state index contributed by atoms with van der Waals surface area (Å²) in [7, 11) is 3.32. The molecule has 0 radical (unpaired) electrons. The Balaban J connectivity index is 2.10. The third-order valence-electron chi connectivity index (χ3n) is 2.84. The van der Waals surface area contributed by atoms with Crippen molar-refractivity contribution < 1.29 is 9.18 Å². The Bertz CT molecular complexity index is 600. The van der Waals surface area contributed by atoms with Crippen molar-refractivity contribution in [3.8, 4) is 0 Å². The number of amides is 1. The van der Waals surface area contributed by atoms with Crippen LogP contribution in [0.1, 0.15) is 16.1 Å². The minimum Gasteiger partial charge on any atom is -0.372 e. The van der Waals surface area contributed by atoms with Crippen LogP contribution in [0, 0.1) is 5.82 Å². The van der Waals surface area contributed by atoms with Crippen LogP contribution < -0.4 is 5.32 Å². The number of rotatable bonds is 4. The van der Waals surface area contributed by atoms with Gasteiger partial charge in [-0.15, -0.1) is 0 Å². The van der Waals surface area contributed by atoms with E-state index in [1.165, 1.54) is 23.4 Å². The van der Waals surface area contributed by atoms with Crippen LogP contribution in [-0.2, 0) is 6.54 Å². The number of nitrogens with one attached hydrogen (secondary N) is 1. The van der Waals surface area contributed by atoms with E-state index in [4.69, 9.17) is 0 Å². The van der Waals surface area contributed by atoms with Gasteiger partial charge in [-0.1, -0.05) is 18.2 Å². The first-order chi connectivity index (χ1) is 9.61. The fourth-order valence-corrected chi connectivity index (χ4v) is 1.72. The number of anilines is 1. The minimum absolute atomic E-state index is 0.182. The first-order valence-electron chi connectivity index (χ1n) is 6.10. The molecule has 0 aliphatic carbocycles. The van der Waals surface area contributed by atoms with Gasteiger partial charge < -0.3 is 10.2 Å². The highest BCUT2D eigenvalue weighted by Crippen LogP contribution is 2.11. The summed E-state index contributed by atoms with van der Waals surface area (Å²) in [4.78, 5) is 21.6. The topological polar surface area (TPSA) is 58.1 Å². The van der Waals surface area contributed by atoms with Crippen molar-refractivity contribution in [2.45, 2.75) is 6.54 Å². The Morgan fingerprint density at radius 1 is 1.30 bits per heavy atom. The van der Waals surface area contributed by atoms with Gasteiger partial charge in [-0.2, -0.15) is 0 Å². The summed E-state index contributed by atoms with van der Waals surface area (Å²) in [5.41, 5.74) is 0.686. The molecule has 0 fully saturated rings. The summed E-state index contributed by atoms with van der Waals surface area (Å²) in [5, 5.41) is 2.82. The molecule has 5 nitrogen and oxygen atoms in total. The van der Waals surface area contributed by atoms with Crippen molar-refractivity contribution in [3.05, 3.63) is 53.7 Å². The largest absolute Gasteiger partial charge is 0.372 e. The fourth-order valence-electron chi connectivity index (χ4n) is 1.72. The number of aromatic nitrogens is 2. The van der Waals surface area contributed by atoms with Gasteiger partial charge in [0.1, 0.15) is 17.3 Å². The molecule has 0 aliphatic heterocycles. The Morgan fingerprint density at radius 3 is 2.65 bits per heavy atom. The van der Waals surface area contributed by atoms with Crippen LogP contribution in [0.25, 0.3) is 0 Å². The molecule has 1 N–H and O–H groups in total. The van der Waals surface area contributed by atoms with Gasteiger partial charge in [-0.25, -0.2) is 14.4 Å². The van der Waals surface area contributed by atoms with Gasteiger partial charge in [-0.05, 0) is 6.07 Å². The molecule has 1 aromatic carbocycles. The zero-order valence-corrected chi connectivity index (χ0v) is 11.3. The van der Waals surface area contributed by atoms with Crippen molar-refractivity contribution in [3.63, 3.8) is 0 Å². The molecule has 0 saturated heterocycles. The number of nitrogens with zero attached hydrogens (tertiary/aromatic N) is 3. The molecule has 2 rings (SSSR count). The second-order valence-electron chi connectivity index (χ2n) is 4.29. The lowest BCUT2D eigenvalue weighted by Crippen LogP contribution is -2.27. The van der Waals surface area contributed by atoms with E-state index in [-0.39, 0.29) is 24.0 Å². The zero-order valence-electron chi connectivity index (χ0n) is 11.3. The smallest absolute Gasteiger partial charge is 0.274 e. The highest BCUT2D eigenvalue weighted by Gasteiger charge is 2.15. The van der Waals surface area contributed by atoms with Gasteiger partial charge >= 0.3 is 0 Å². The molecule has 20 heavy (non-hydrogen) atoms. The van der Waals surface area contributed by atoms with Crippen LogP contribution in [-0.4, -0.2) is 34.9 Å². The average molecular weight is 274 g/mol. The Labute approximate surface area is 116 Å². The van der Waals surface area contributed by atoms with Crippen molar-refractivity contribution in [1.29, 1.82) is 0 Å². The SMILES string of the molecule is CNc1cnc(C(=O)N(C)Cc2ccccc2F)cn1. The molecule has 2 aromatic rings. The number of benzene rings is 1. The zero-order chi connectivity index (χ0) is 14.5. The first kappa shape index (κ1) is 13.9. The maximum absolute atomic E-state index is 13.5. The molecule has 0 saturated carbocycles. The van der Waals surface area contributed by atoms with E-state index >= 15 is 0 Å². The van der Waals surface area contributed by atoms with E-state index in [9.17, 15) is 9.18 Å². The molecule has 0 unspecified atom stereocenters. The molecule has 0 bridgehead atoms. The molecule has 1 amide bonds. The highest BCUT2D eigenvalue weighted by molar-refractivity contribution is 5.91. The maximum Gasteiger partial charge on any atom is 0.274 e. The molecular weight excluding hydrogens is 259 g/mol. The second kappa shape index (κ2) is 6.10. The molecular formula is C14H15FN4O. The molecule has 1 heterocycles. The van der Waals surface area contributed by atoms with Crippen LogP contribution in [0.2, 0.25) is 0 Å². The van der Waals surface area contributed by atoms with Crippen LogP contribution >= 0.6 is 0 Å². The van der Waals surface area contributed by atoms with E-state index in [1.807, 2.05) is 0 Å². The van der Waals surface area contributed by atoms with Crippen LogP contribution in [0.15, 0.2) is 36.7 Å². The number of halogens is 1. The Morgan fingerprint density at radius 2 is 2.05 bits per heavy atom. The van der Waals surface area contributed by atoms with Gasteiger partial charge in [-0.3, -0.25) is 4.79 Å². The van der Waals surface area contributed by atoms with E-state index < -0.39 is 0 Å². The maximum atomic E-state index is 13.5. The van der Waals surface area contributed by atoms with E-state index in [1.54, 1.807) is 32.3 Å². The van der Waals surface area contributed by atoms with Crippen molar-refractivity contribution in [1.82, 2.24) is 14.9 Å². The van der Waals surface area contributed by atoms with E-state index in [2.05, 4.69) is 15.3 Å². The summed E-state index contributed by atoms with van der Waals surface area (Å²) in [5.74, 6) is -0.0505. The Kier molecular flexibility index (Phi) is 4.24. The summed E-state index contributed by atoms with van der Waals surface area (Å²) in [6.45, 7) is 0.182. The molecule has 0 atom stereocenters. The van der Waals surface area contributed by atoms with Crippen molar-refractivity contribution in [2.24, 2.45) is 0 Å². The van der Waals surface area contributed by atoms with Crippen LogP contribution in [0.5, 0.6) is 0 Å². The van der Waals surface area contributed by atoms with Crippen molar-refractivity contribution in [2.75, 3.05) is 19.4 Å². The molecule has 104 valence electrons. The van der Waals surface area contributed by atoms with Crippen molar-refractivity contribution >= 4 is 11.7 Å². The minimum atomic E-state index is -0.330. The van der Waals surface area contributed by atoms with Gasteiger partial charge in [0.25, 0.3) is 5.91 Å². The summed E-state index contributed by atoms with van der Waals surface area (Å²) >= 11 is 0. The lowest BCUT2D eigenvalue weighted by molar-refractivity contribution is 0.0777. The predicted octanol–water partition coefficient (Wildman–Crippen LogP) is 1.93. The summed E-state index contributed by atoms with van der Waals surface area (Å²) in [6, 6.07) is 6.37. The van der Waals surface area contributed by atoms with E-state index in [0.717, 1.165) is 0 Å². The fraction of sp³-hybridized carbons (Fsp3) is 0.214. The van der Waals surface area contributed by atoms with Crippen LogP contribution in [0.3, 0.4) is 0 Å². The monoisotopic (exact) mass is 274 g/mol. The normalized spacial score (nSPS) is 10.2. The first-order valence-corrected chi connectivity index (χ1v) is 6.10. The molecule has 0 aliphatic rings. The molecule has 0 spiro atoms. The highest BCUT2D eigenvalue weighted by atomic mass is 19.1.